The number of ether oxygens (including phenoxy) is 1. The predicted octanol–water partition coefficient (Wildman–Crippen LogP) is 3.93. The van der Waals surface area contributed by atoms with Crippen LogP contribution in [0.1, 0.15) is 28.8 Å². The molecule has 1 aliphatic rings. The molecular weight excluding hydrogens is 305 g/mol. The molecule has 4 heteroatoms. The van der Waals surface area contributed by atoms with Crippen LogP contribution < -0.4 is 4.74 Å². The molecule has 1 fully saturated rings. The molecule has 3 nitrogen and oxygen atoms in total. The summed E-state index contributed by atoms with van der Waals surface area (Å²) in [5.74, 6) is 0.548. The lowest BCUT2D eigenvalue weighted by Gasteiger charge is -2.32. The van der Waals surface area contributed by atoms with Gasteiger partial charge in [-0.3, -0.25) is 9.69 Å². The zero-order chi connectivity index (χ0) is 16.9. The number of halogens is 1. The average molecular weight is 327 g/mol. The van der Waals surface area contributed by atoms with Crippen LogP contribution in [0.15, 0.2) is 48.5 Å². The van der Waals surface area contributed by atoms with Crippen LogP contribution in [0.5, 0.6) is 5.75 Å². The van der Waals surface area contributed by atoms with Crippen LogP contribution in [-0.2, 0) is 6.54 Å². The van der Waals surface area contributed by atoms with Crippen LogP contribution in [0, 0.1) is 11.7 Å². The van der Waals surface area contributed by atoms with Crippen molar-refractivity contribution >= 4 is 5.78 Å². The Morgan fingerprint density at radius 1 is 1.21 bits per heavy atom. The molecule has 2 aromatic rings. The van der Waals surface area contributed by atoms with E-state index in [0.717, 1.165) is 38.0 Å². The number of likely N-dealkylation sites (tertiary alicyclic amines) is 1. The van der Waals surface area contributed by atoms with Gasteiger partial charge in [-0.2, -0.15) is 0 Å². The predicted molar refractivity (Wildman–Crippen MR) is 91.7 cm³/mol. The van der Waals surface area contributed by atoms with Crippen molar-refractivity contribution in [2.24, 2.45) is 5.92 Å². The zero-order valence-electron chi connectivity index (χ0n) is 13.9. The largest absolute Gasteiger partial charge is 0.496 e. The molecule has 0 amide bonds. The molecule has 3 rings (SSSR count). The zero-order valence-corrected chi connectivity index (χ0v) is 13.9. The monoisotopic (exact) mass is 327 g/mol. The highest BCUT2D eigenvalue weighted by Crippen LogP contribution is 2.26. The summed E-state index contributed by atoms with van der Waals surface area (Å²) in [4.78, 5) is 15.1. The summed E-state index contributed by atoms with van der Waals surface area (Å²) in [7, 11) is 1.59. The van der Waals surface area contributed by atoms with Crippen LogP contribution in [0.4, 0.5) is 4.39 Å². The van der Waals surface area contributed by atoms with E-state index in [2.05, 4.69) is 4.90 Å². The summed E-state index contributed by atoms with van der Waals surface area (Å²) in [5.41, 5.74) is 1.73. The van der Waals surface area contributed by atoms with E-state index < -0.39 is 0 Å². The van der Waals surface area contributed by atoms with Gasteiger partial charge in [0, 0.05) is 19.0 Å². The van der Waals surface area contributed by atoms with Gasteiger partial charge in [-0.1, -0.05) is 24.3 Å². The summed E-state index contributed by atoms with van der Waals surface area (Å²) in [6.07, 6.45) is 1.89. The molecule has 0 radical (unpaired) electrons. The van der Waals surface area contributed by atoms with E-state index in [-0.39, 0.29) is 17.5 Å². The van der Waals surface area contributed by atoms with Gasteiger partial charge in [0.15, 0.2) is 5.78 Å². The fraction of sp³-hybridized carbons (Fsp3) is 0.350. The number of ketones is 1. The number of piperidine rings is 1. The van der Waals surface area contributed by atoms with E-state index in [1.807, 2.05) is 24.3 Å². The van der Waals surface area contributed by atoms with Gasteiger partial charge >= 0.3 is 0 Å². The number of para-hydroxylation sites is 1. The van der Waals surface area contributed by atoms with Crippen LogP contribution in [0.3, 0.4) is 0 Å². The lowest BCUT2D eigenvalue weighted by Crippen LogP contribution is -2.38. The first-order valence-electron chi connectivity index (χ1n) is 8.31. The average Bonchev–Trinajstić information content (AvgIpc) is 2.63. The van der Waals surface area contributed by atoms with Crippen LogP contribution in [0.25, 0.3) is 0 Å². The van der Waals surface area contributed by atoms with Gasteiger partial charge in [-0.15, -0.1) is 0 Å². The second kappa shape index (κ2) is 7.58. The molecule has 0 aliphatic carbocycles. The number of Topliss-reactive ketones (excluding diaryl/α,β-unsaturated/α-hetero) is 1. The molecular formula is C20H22FNO2. The maximum absolute atomic E-state index is 13.0. The molecule has 126 valence electrons. The Labute approximate surface area is 142 Å². The molecule has 0 N–H and O–H groups in total. The van der Waals surface area contributed by atoms with Crippen LogP contribution in [0.2, 0.25) is 0 Å². The molecule has 1 saturated heterocycles. The Morgan fingerprint density at radius 3 is 2.71 bits per heavy atom. The number of hydrogen-bond donors (Lipinski definition) is 0. The number of benzene rings is 2. The summed E-state index contributed by atoms with van der Waals surface area (Å²) in [6, 6.07) is 14.0. The molecule has 1 heterocycles. The van der Waals surface area contributed by atoms with Crippen molar-refractivity contribution < 1.29 is 13.9 Å². The smallest absolute Gasteiger partial charge is 0.170 e. The number of methoxy groups -OCH3 is 1. The minimum Gasteiger partial charge on any atom is -0.496 e. The number of carbonyl (C=O) groups is 1. The van der Waals surface area contributed by atoms with Gasteiger partial charge in [-0.05, 0) is 49.2 Å². The Kier molecular flexibility index (Phi) is 5.26. The first-order valence-corrected chi connectivity index (χ1v) is 8.31. The third kappa shape index (κ3) is 3.82. The van der Waals surface area contributed by atoms with Gasteiger partial charge in [-0.25, -0.2) is 4.39 Å². The number of hydrogen-bond acceptors (Lipinski definition) is 3. The molecule has 2 aromatic carbocycles. The SMILES string of the molecule is COc1ccccc1C(=O)[C@@H]1CCCN(Cc2ccc(F)cc2)C1. The third-order valence-electron chi connectivity index (χ3n) is 4.57. The van der Waals surface area contributed by atoms with Crippen molar-refractivity contribution in [3.8, 4) is 5.75 Å². The maximum atomic E-state index is 13.0. The molecule has 1 atom stereocenters. The fourth-order valence-electron chi connectivity index (χ4n) is 3.33. The van der Waals surface area contributed by atoms with Crippen molar-refractivity contribution in [2.45, 2.75) is 19.4 Å². The van der Waals surface area contributed by atoms with E-state index in [1.165, 1.54) is 12.1 Å². The molecule has 0 aromatic heterocycles. The Hall–Kier alpha value is -2.20. The minimum absolute atomic E-state index is 0.0181. The van der Waals surface area contributed by atoms with E-state index in [1.54, 1.807) is 19.2 Å². The van der Waals surface area contributed by atoms with E-state index in [0.29, 0.717) is 11.3 Å². The number of carbonyl (C=O) groups excluding carboxylic acids is 1. The summed E-state index contributed by atoms with van der Waals surface area (Å²) < 4.78 is 18.3. The minimum atomic E-state index is -0.221. The Bertz CT molecular complexity index is 699. The second-order valence-electron chi connectivity index (χ2n) is 6.27. The van der Waals surface area contributed by atoms with Crippen LogP contribution in [-0.4, -0.2) is 30.9 Å². The molecule has 0 bridgehead atoms. The van der Waals surface area contributed by atoms with Gasteiger partial charge in [0.25, 0.3) is 0 Å². The number of rotatable bonds is 5. The Morgan fingerprint density at radius 2 is 1.96 bits per heavy atom. The first kappa shape index (κ1) is 16.7. The van der Waals surface area contributed by atoms with Crippen molar-refractivity contribution in [3.05, 3.63) is 65.5 Å². The molecule has 0 saturated carbocycles. The second-order valence-corrected chi connectivity index (χ2v) is 6.27. The van der Waals surface area contributed by atoms with Gasteiger partial charge in [0.2, 0.25) is 0 Å². The van der Waals surface area contributed by atoms with Gasteiger partial charge < -0.3 is 4.74 Å². The van der Waals surface area contributed by atoms with E-state index in [4.69, 9.17) is 4.74 Å². The van der Waals surface area contributed by atoms with Crippen molar-refractivity contribution in [1.29, 1.82) is 0 Å². The van der Waals surface area contributed by atoms with Gasteiger partial charge in [0.1, 0.15) is 11.6 Å². The van der Waals surface area contributed by atoms with Crippen molar-refractivity contribution in [2.75, 3.05) is 20.2 Å². The van der Waals surface area contributed by atoms with Crippen molar-refractivity contribution in [3.63, 3.8) is 0 Å². The third-order valence-corrected chi connectivity index (χ3v) is 4.57. The quantitative estimate of drug-likeness (QED) is 0.779. The molecule has 24 heavy (non-hydrogen) atoms. The summed E-state index contributed by atoms with van der Waals surface area (Å²) in [6.45, 7) is 2.44. The summed E-state index contributed by atoms with van der Waals surface area (Å²) in [5, 5.41) is 0. The highest BCUT2D eigenvalue weighted by atomic mass is 19.1. The fourth-order valence-corrected chi connectivity index (χ4v) is 3.33. The van der Waals surface area contributed by atoms with Crippen LogP contribution >= 0.6 is 0 Å². The highest BCUT2D eigenvalue weighted by Gasteiger charge is 2.28. The molecule has 0 unspecified atom stereocenters. The highest BCUT2D eigenvalue weighted by molar-refractivity contribution is 6.00. The normalized spacial score (nSPS) is 18.3. The molecule has 0 spiro atoms. The molecule has 1 aliphatic heterocycles. The van der Waals surface area contributed by atoms with E-state index in [9.17, 15) is 9.18 Å². The lowest BCUT2D eigenvalue weighted by atomic mass is 9.89. The lowest BCUT2D eigenvalue weighted by molar-refractivity contribution is 0.0808. The van der Waals surface area contributed by atoms with Crippen molar-refractivity contribution in [1.82, 2.24) is 4.90 Å². The summed E-state index contributed by atoms with van der Waals surface area (Å²) >= 11 is 0. The first-order chi connectivity index (χ1) is 11.7. The van der Waals surface area contributed by atoms with Gasteiger partial charge in [0.05, 0.1) is 12.7 Å². The maximum Gasteiger partial charge on any atom is 0.170 e. The van der Waals surface area contributed by atoms with E-state index >= 15 is 0 Å². The standard InChI is InChI=1S/C20H22FNO2/c1-24-19-7-3-2-6-18(19)20(23)16-5-4-12-22(14-16)13-15-8-10-17(21)11-9-15/h2-3,6-11,16H,4-5,12-14H2,1H3/t16-/m1/s1. The Balaban J connectivity index is 1.68. The topological polar surface area (TPSA) is 29.5 Å². The number of nitrogens with zero attached hydrogens (tertiary/aromatic N) is 1.